The Hall–Kier alpha value is -2.69. The zero-order valence-corrected chi connectivity index (χ0v) is 22.7. The summed E-state index contributed by atoms with van der Waals surface area (Å²) >= 11 is 12.0. The summed E-state index contributed by atoms with van der Waals surface area (Å²) in [6.07, 6.45) is -5.67. The molecule has 0 radical (unpaired) electrons. The van der Waals surface area contributed by atoms with E-state index < -0.39 is 67.2 Å². The molecule has 0 spiro atoms. The lowest BCUT2D eigenvalue weighted by molar-refractivity contribution is -0.156. The standard InChI is InChI=1S/C22H24Cl2N3O10P/c1-13(2)34-19(30)14(3)36-38(32,37-15-7-5-4-6-8-15)33-12-16-18(29)22(24,9-10-23)20(35-16)27-21(31)26-17(28)11-25-27/h4-8,11,13-14,16,18,20,29H,12H2,1-3H3,(H,26,28,31)/t14-,16+,18-,20+,22?,38?/m0/s1. The molecular formula is C22H24Cl2N3O10P. The first kappa shape index (κ1) is 29.9. The number of H-pyrrole nitrogens is 1. The SMILES string of the molecule is CC(C)OC(=O)[C@H](C)OP(=O)(OC[C@H]1O[C@@H](n2ncc(=O)[nH]c2=O)C(Cl)(C#CCl)[C@H]1O)Oc1ccccc1. The van der Waals surface area contributed by atoms with Crippen LogP contribution in [0.15, 0.2) is 46.1 Å². The van der Waals surface area contributed by atoms with Crippen molar-refractivity contribution in [3.05, 3.63) is 57.4 Å². The number of phosphoric acid groups is 1. The summed E-state index contributed by atoms with van der Waals surface area (Å²) in [4.78, 5) is 35.9. The Morgan fingerprint density at radius 3 is 2.61 bits per heavy atom. The maximum absolute atomic E-state index is 13.6. The number of hydrogen-bond acceptors (Lipinski definition) is 11. The smallest absolute Gasteiger partial charge is 0.461 e. The summed E-state index contributed by atoms with van der Waals surface area (Å²) in [6, 6.07) is 7.84. The number of phosphoric ester groups is 1. The maximum atomic E-state index is 13.6. The van der Waals surface area contributed by atoms with Gasteiger partial charge >= 0.3 is 19.5 Å². The molecule has 0 aliphatic carbocycles. The third-order valence-electron chi connectivity index (χ3n) is 4.97. The second-order valence-corrected chi connectivity index (χ2v) is 10.6. The Morgan fingerprint density at radius 1 is 1.32 bits per heavy atom. The van der Waals surface area contributed by atoms with E-state index in [9.17, 15) is 24.1 Å². The lowest BCUT2D eigenvalue weighted by Crippen LogP contribution is -2.45. The van der Waals surface area contributed by atoms with Crippen LogP contribution in [-0.2, 0) is 27.9 Å². The minimum Gasteiger partial charge on any atom is -0.461 e. The monoisotopic (exact) mass is 591 g/mol. The maximum Gasteiger partial charge on any atom is 0.530 e. The van der Waals surface area contributed by atoms with Crippen molar-refractivity contribution in [3.63, 3.8) is 0 Å². The van der Waals surface area contributed by atoms with Gasteiger partial charge in [-0.05, 0) is 44.5 Å². The third-order valence-corrected chi connectivity index (χ3v) is 7.05. The minimum atomic E-state index is -4.57. The van der Waals surface area contributed by atoms with E-state index in [2.05, 4.69) is 11.0 Å². The number of aromatic amines is 1. The van der Waals surface area contributed by atoms with E-state index >= 15 is 0 Å². The summed E-state index contributed by atoms with van der Waals surface area (Å²) in [7, 11) is -4.57. The molecule has 1 fully saturated rings. The fraction of sp³-hybridized carbons (Fsp3) is 0.455. The molecule has 0 saturated carbocycles. The zero-order valence-electron chi connectivity index (χ0n) is 20.3. The van der Waals surface area contributed by atoms with Crippen molar-refractivity contribution >= 4 is 37.0 Å². The number of esters is 1. The first-order chi connectivity index (χ1) is 17.9. The van der Waals surface area contributed by atoms with Gasteiger partial charge in [0.25, 0.3) is 5.56 Å². The Morgan fingerprint density at radius 2 is 2.00 bits per heavy atom. The number of nitrogens with one attached hydrogen (secondary N) is 1. The minimum absolute atomic E-state index is 0.0923. The lowest BCUT2D eigenvalue weighted by atomic mass is 10.00. The zero-order chi connectivity index (χ0) is 28.1. The Balaban J connectivity index is 1.86. The fourth-order valence-electron chi connectivity index (χ4n) is 3.28. The number of nitrogens with zero attached hydrogens (tertiary/aromatic N) is 2. The molecule has 2 unspecified atom stereocenters. The molecular weight excluding hydrogens is 568 g/mol. The summed E-state index contributed by atoms with van der Waals surface area (Å²) in [6.45, 7) is 3.87. The van der Waals surface area contributed by atoms with E-state index in [-0.39, 0.29) is 5.75 Å². The number of carbonyl (C=O) groups is 1. The van der Waals surface area contributed by atoms with Gasteiger partial charge in [-0.3, -0.25) is 18.8 Å². The van der Waals surface area contributed by atoms with Gasteiger partial charge in [-0.25, -0.2) is 14.2 Å². The third kappa shape index (κ3) is 7.03. The quantitative estimate of drug-likeness (QED) is 0.179. The highest BCUT2D eigenvalue weighted by atomic mass is 35.5. The number of para-hydroxylation sites is 1. The highest BCUT2D eigenvalue weighted by Gasteiger charge is 2.57. The number of halogens is 2. The molecule has 206 valence electrons. The topological polar surface area (TPSA) is 168 Å². The number of benzene rings is 1. The Kier molecular flexibility index (Phi) is 9.78. The number of aliphatic hydroxyl groups is 1. The molecule has 1 aliphatic heterocycles. The van der Waals surface area contributed by atoms with Gasteiger partial charge in [0, 0.05) is 5.38 Å². The van der Waals surface area contributed by atoms with Crippen LogP contribution in [0.3, 0.4) is 0 Å². The van der Waals surface area contributed by atoms with Crippen molar-refractivity contribution in [2.75, 3.05) is 6.61 Å². The molecule has 2 aromatic rings. The lowest BCUT2D eigenvalue weighted by Gasteiger charge is -2.25. The molecule has 1 aliphatic rings. The summed E-state index contributed by atoms with van der Waals surface area (Å²) in [5.74, 6) is 1.63. The van der Waals surface area contributed by atoms with Gasteiger partial charge in [0.2, 0.25) is 0 Å². The van der Waals surface area contributed by atoms with Crippen LogP contribution in [0, 0.1) is 11.3 Å². The van der Waals surface area contributed by atoms with Crippen molar-refractivity contribution in [1.29, 1.82) is 0 Å². The normalized spacial score (nSPS) is 25.2. The van der Waals surface area contributed by atoms with Crippen molar-refractivity contribution in [2.24, 2.45) is 0 Å². The number of rotatable bonds is 10. The highest BCUT2D eigenvalue weighted by Crippen LogP contribution is 2.52. The summed E-state index contributed by atoms with van der Waals surface area (Å²) in [5.41, 5.74) is -1.79. The molecule has 16 heteroatoms. The predicted molar refractivity (Wildman–Crippen MR) is 134 cm³/mol. The van der Waals surface area contributed by atoms with Gasteiger partial charge in [0.1, 0.15) is 24.2 Å². The van der Waals surface area contributed by atoms with Gasteiger partial charge in [0.05, 0.1) is 12.7 Å². The van der Waals surface area contributed by atoms with Crippen molar-refractivity contribution in [2.45, 2.75) is 56.3 Å². The number of alkyl halides is 1. The van der Waals surface area contributed by atoms with E-state index in [4.69, 9.17) is 46.2 Å². The molecule has 1 saturated heterocycles. The Labute approximate surface area is 226 Å². The van der Waals surface area contributed by atoms with Gasteiger partial charge in [-0.1, -0.05) is 35.7 Å². The predicted octanol–water partition coefficient (Wildman–Crippen LogP) is 1.93. The Bertz CT molecular complexity index is 1360. The van der Waals surface area contributed by atoms with Crippen molar-refractivity contribution in [3.8, 4) is 17.0 Å². The fourth-order valence-corrected chi connectivity index (χ4v) is 5.15. The molecule has 2 heterocycles. The van der Waals surface area contributed by atoms with E-state index in [1.807, 2.05) is 10.4 Å². The second kappa shape index (κ2) is 12.4. The van der Waals surface area contributed by atoms with E-state index in [1.54, 1.807) is 32.0 Å². The average molecular weight is 592 g/mol. The molecule has 3 rings (SSSR count). The van der Waals surface area contributed by atoms with E-state index in [1.165, 1.54) is 19.1 Å². The van der Waals surface area contributed by atoms with Gasteiger partial charge < -0.3 is 19.1 Å². The molecule has 1 aromatic carbocycles. The number of aromatic nitrogens is 3. The highest BCUT2D eigenvalue weighted by molar-refractivity contribution is 7.49. The van der Waals surface area contributed by atoms with Crippen molar-refractivity contribution < 1.29 is 37.5 Å². The average Bonchev–Trinajstić information content (AvgIpc) is 3.08. The van der Waals surface area contributed by atoms with Crippen LogP contribution < -0.4 is 15.8 Å². The van der Waals surface area contributed by atoms with Crippen LogP contribution in [0.5, 0.6) is 5.75 Å². The van der Waals surface area contributed by atoms with Crippen LogP contribution in [0.2, 0.25) is 0 Å². The van der Waals surface area contributed by atoms with Gasteiger partial charge in [-0.2, -0.15) is 9.78 Å². The van der Waals surface area contributed by atoms with Crippen LogP contribution in [0.4, 0.5) is 0 Å². The first-order valence-corrected chi connectivity index (χ1v) is 13.3. The molecule has 6 atom stereocenters. The number of ether oxygens (including phenoxy) is 2. The van der Waals surface area contributed by atoms with Crippen LogP contribution in [0.25, 0.3) is 0 Å². The molecule has 0 amide bonds. The summed E-state index contributed by atoms with van der Waals surface area (Å²) in [5, 5.41) is 16.6. The second-order valence-electron chi connectivity index (χ2n) is 8.22. The van der Waals surface area contributed by atoms with Crippen LogP contribution in [0.1, 0.15) is 27.0 Å². The number of aliphatic hydroxyl groups excluding tert-OH is 1. The molecule has 2 N–H and O–H groups in total. The number of carbonyl (C=O) groups excluding carboxylic acids is 1. The van der Waals surface area contributed by atoms with Gasteiger partial charge in [-0.15, -0.1) is 0 Å². The molecule has 38 heavy (non-hydrogen) atoms. The largest absolute Gasteiger partial charge is 0.530 e. The van der Waals surface area contributed by atoms with Crippen molar-refractivity contribution in [1.82, 2.24) is 14.8 Å². The number of hydrogen-bond donors (Lipinski definition) is 2. The summed E-state index contributed by atoms with van der Waals surface area (Å²) < 4.78 is 41.2. The van der Waals surface area contributed by atoms with E-state index in [0.717, 1.165) is 6.20 Å². The molecule has 0 bridgehead atoms. The van der Waals surface area contributed by atoms with Crippen LogP contribution in [-0.4, -0.2) is 61.7 Å². The van der Waals surface area contributed by atoms with E-state index in [0.29, 0.717) is 4.68 Å². The first-order valence-electron chi connectivity index (χ1n) is 11.1. The molecule has 13 nitrogen and oxygen atoms in total. The van der Waals surface area contributed by atoms with Gasteiger partial charge in [0.15, 0.2) is 17.2 Å². The molecule has 1 aromatic heterocycles. The van der Waals surface area contributed by atoms with Crippen LogP contribution >= 0.6 is 31.0 Å².